The minimum Gasteiger partial charge on any atom is -0.481 e. The van der Waals surface area contributed by atoms with Gasteiger partial charge in [-0.1, -0.05) is 13.8 Å². The minimum absolute atomic E-state index is 0.00919. The van der Waals surface area contributed by atoms with Gasteiger partial charge in [-0.15, -0.1) is 0 Å². The van der Waals surface area contributed by atoms with Gasteiger partial charge in [0.2, 0.25) is 23.6 Å². The van der Waals surface area contributed by atoms with E-state index in [9.17, 15) is 33.9 Å². The maximum Gasteiger partial charge on any atom is 0.326 e. The van der Waals surface area contributed by atoms with Crippen LogP contribution in [0.3, 0.4) is 0 Å². The molecular formula is C22H40N8O8. The first kappa shape index (κ1) is 34.0. The third kappa shape index (κ3) is 15.2. The normalized spacial score (nSPS) is 13.9. The van der Waals surface area contributed by atoms with Gasteiger partial charge in [-0.2, -0.15) is 0 Å². The van der Waals surface area contributed by atoms with Crippen LogP contribution in [0.4, 0.5) is 0 Å². The molecule has 0 radical (unpaired) electrons. The molecule has 216 valence electrons. The Kier molecular flexibility index (Phi) is 15.7. The lowest BCUT2D eigenvalue weighted by Crippen LogP contribution is -2.57. The Morgan fingerprint density at radius 3 is 1.76 bits per heavy atom. The molecule has 16 heteroatoms. The van der Waals surface area contributed by atoms with Gasteiger partial charge in [-0.05, 0) is 38.0 Å². The predicted molar refractivity (Wildman–Crippen MR) is 136 cm³/mol. The summed E-state index contributed by atoms with van der Waals surface area (Å²) in [4.78, 5) is 75.9. The lowest BCUT2D eigenvalue weighted by atomic mass is 10.0. The summed E-state index contributed by atoms with van der Waals surface area (Å²) in [6.45, 7) is 3.64. The van der Waals surface area contributed by atoms with Crippen LogP contribution >= 0.6 is 0 Å². The van der Waals surface area contributed by atoms with Crippen molar-refractivity contribution in [1.29, 1.82) is 0 Å². The van der Waals surface area contributed by atoms with E-state index >= 15 is 0 Å². The molecule has 0 saturated heterocycles. The van der Waals surface area contributed by atoms with E-state index in [4.69, 9.17) is 28.0 Å². The summed E-state index contributed by atoms with van der Waals surface area (Å²) in [5.74, 6) is -5.94. The van der Waals surface area contributed by atoms with Crippen LogP contribution < -0.4 is 38.9 Å². The zero-order valence-corrected chi connectivity index (χ0v) is 21.6. The number of carbonyl (C=O) groups excluding carboxylic acids is 4. The summed E-state index contributed by atoms with van der Waals surface area (Å²) in [5.41, 5.74) is 21.4. The molecule has 0 bridgehead atoms. The van der Waals surface area contributed by atoms with Gasteiger partial charge in [0, 0.05) is 19.4 Å². The van der Waals surface area contributed by atoms with E-state index in [2.05, 4.69) is 20.9 Å². The molecule has 0 aromatic carbocycles. The molecule has 0 rings (SSSR count). The lowest BCUT2D eigenvalue weighted by molar-refractivity contribution is -0.143. The number of carboxylic acids is 2. The fraction of sp³-hybridized carbons (Fsp3) is 0.682. The maximum atomic E-state index is 13.1. The van der Waals surface area contributed by atoms with Gasteiger partial charge in [0.15, 0.2) is 5.96 Å². The van der Waals surface area contributed by atoms with Gasteiger partial charge in [0.1, 0.15) is 18.1 Å². The van der Waals surface area contributed by atoms with Crippen molar-refractivity contribution in [3.63, 3.8) is 0 Å². The Labute approximate surface area is 220 Å². The van der Waals surface area contributed by atoms with Crippen molar-refractivity contribution in [2.45, 2.75) is 83.0 Å². The van der Waals surface area contributed by atoms with Crippen molar-refractivity contribution in [1.82, 2.24) is 16.0 Å². The van der Waals surface area contributed by atoms with E-state index in [1.165, 1.54) is 0 Å². The quantitative estimate of drug-likeness (QED) is 0.0450. The number of nitrogens with one attached hydrogen (secondary N) is 3. The molecule has 0 fully saturated rings. The molecule has 0 heterocycles. The Morgan fingerprint density at radius 2 is 1.29 bits per heavy atom. The number of rotatable bonds is 19. The highest BCUT2D eigenvalue weighted by Gasteiger charge is 2.30. The van der Waals surface area contributed by atoms with Crippen LogP contribution in [-0.4, -0.2) is 82.5 Å². The number of carboxylic acid groups (broad SMARTS) is 2. The highest BCUT2D eigenvalue weighted by atomic mass is 16.4. The summed E-state index contributed by atoms with van der Waals surface area (Å²) in [5, 5.41) is 25.6. The Morgan fingerprint density at radius 1 is 0.763 bits per heavy atom. The summed E-state index contributed by atoms with van der Waals surface area (Å²) in [6, 6.07) is -5.06. The SMILES string of the molecule is CC(C)CC(NC(=O)C(CCC(=O)O)NC(=O)C(CCCN=C(N)N)NC(=O)C(N)CCC(N)=O)C(=O)O. The number of aliphatic carboxylic acids is 2. The fourth-order valence-corrected chi connectivity index (χ4v) is 3.25. The number of amides is 4. The molecule has 0 aliphatic carbocycles. The number of carbonyl (C=O) groups is 6. The highest BCUT2D eigenvalue weighted by molar-refractivity contribution is 5.94. The van der Waals surface area contributed by atoms with Crippen LogP contribution in [0.1, 0.15) is 58.8 Å². The Balaban J connectivity index is 5.69. The summed E-state index contributed by atoms with van der Waals surface area (Å²) in [7, 11) is 0. The highest BCUT2D eigenvalue weighted by Crippen LogP contribution is 2.08. The molecular weight excluding hydrogens is 504 g/mol. The van der Waals surface area contributed by atoms with Crippen LogP contribution in [0, 0.1) is 5.92 Å². The van der Waals surface area contributed by atoms with E-state index in [1.54, 1.807) is 13.8 Å². The zero-order valence-electron chi connectivity index (χ0n) is 21.6. The van der Waals surface area contributed by atoms with Gasteiger partial charge in [-0.3, -0.25) is 29.0 Å². The van der Waals surface area contributed by atoms with Gasteiger partial charge in [-0.25, -0.2) is 4.79 Å². The van der Waals surface area contributed by atoms with Crippen LogP contribution in [0.5, 0.6) is 0 Å². The van der Waals surface area contributed by atoms with Gasteiger partial charge in [0.25, 0.3) is 0 Å². The second kappa shape index (κ2) is 17.5. The summed E-state index contributed by atoms with van der Waals surface area (Å²) >= 11 is 0. The monoisotopic (exact) mass is 544 g/mol. The van der Waals surface area contributed by atoms with E-state index in [1.807, 2.05) is 0 Å². The number of hydrogen-bond donors (Lipinski definition) is 9. The van der Waals surface area contributed by atoms with Crippen LogP contribution in [0.25, 0.3) is 0 Å². The summed E-state index contributed by atoms with van der Waals surface area (Å²) < 4.78 is 0. The van der Waals surface area contributed by atoms with Gasteiger partial charge >= 0.3 is 11.9 Å². The number of hydrogen-bond acceptors (Lipinski definition) is 8. The average molecular weight is 545 g/mol. The number of aliphatic imine (C=N–C) groups is 1. The second-order valence-electron chi connectivity index (χ2n) is 9.14. The molecule has 4 amide bonds. The molecule has 4 atom stereocenters. The third-order valence-corrected chi connectivity index (χ3v) is 5.22. The van der Waals surface area contributed by atoms with Gasteiger partial charge in [0.05, 0.1) is 6.04 Å². The molecule has 38 heavy (non-hydrogen) atoms. The van der Waals surface area contributed by atoms with Crippen LogP contribution in [0.2, 0.25) is 0 Å². The molecule has 0 spiro atoms. The smallest absolute Gasteiger partial charge is 0.326 e. The number of nitrogens with two attached hydrogens (primary N) is 4. The molecule has 0 aliphatic rings. The first-order valence-electron chi connectivity index (χ1n) is 12.1. The minimum atomic E-state index is -1.41. The average Bonchev–Trinajstić information content (AvgIpc) is 2.80. The maximum absolute atomic E-state index is 13.1. The largest absolute Gasteiger partial charge is 0.481 e. The topological polar surface area (TPSA) is 295 Å². The third-order valence-electron chi connectivity index (χ3n) is 5.22. The van der Waals surface area contributed by atoms with E-state index < -0.39 is 66.2 Å². The number of primary amides is 1. The second-order valence-corrected chi connectivity index (χ2v) is 9.14. The lowest BCUT2D eigenvalue weighted by Gasteiger charge is -2.25. The van der Waals surface area contributed by atoms with E-state index in [0.717, 1.165) is 0 Å². The molecule has 4 unspecified atom stereocenters. The Hall–Kier alpha value is -3.95. The van der Waals surface area contributed by atoms with Crippen LogP contribution in [0.15, 0.2) is 4.99 Å². The van der Waals surface area contributed by atoms with Crippen molar-refractivity contribution in [3.8, 4) is 0 Å². The molecule has 0 aliphatic heterocycles. The van der Waals surface area contributed by atoms with Crippen molar-refractivity contribution >= 4 is 41.5 Å². The van der Waals surface area contributed by atoms with Crippen molar-refractivity contribution < 1.29 is 39.0 Å². The standard InChI is InChI=1S/C22H40N8O8/c1-11(2)10-15(21(37)38)30-20(36)14(6-8-17(32)33)29-19(35)13(4-3-9-27-22(25)26)28-18(34)12(23)5-7-16(24)31/h11-15H,3-10,23H2,1-2H3,(H2,24,31)(H,28,34)(H,29,35)(H,30,36)(H,32,33)(H,37,38)(H4,25,26,27). The van der Waals surface area contributed by atoms with E-state index in [-0.39, 0.29) is 56.9 Å². The van der Waals surface area contributed by atoms with Crippen molar-refractivity contribution in [2.24, 2.45) is 33.8 Å². The number of nitrogens with zero attached hydrogens (tertiary/aromatic N) is 1. The molecule has 0 aromatic heterocycles. The first-order chi connectivity index (χ1) is 17.6. The molecule has 0 aromatic rings. The van der Waals surface area contributed by atoms with E-state index in [0.29, 0.717) is 0 Å². The predicted octanol–water partition coefficient (Wildman–Crippen LogP) is -2.92. The molecule has 13 N–H and O–H groups in total. The Bertz CT molecular complexity index is 875. The molecule has 16 nitrogen and oxygen atoms in total. The van der Waals surface area contributed by atoms with Crippen molar-refractivity contribution in [2.75, 3.05) is 6.54 Å². The summed E-state index contributed by atoms with van der Waals surface area (Å²) in [6.07, 6.45) is -0.724. The zero-order chi connectivity index (χ0) is 29.4. The van der Waals surface area contributed by atoms with Gasteiger partial charge < -0.3 is 49.1 Å². The van der Waals surface area contributed by atoms with Crippen molar-refractivity contribution in [3.05, 3.63) is 0 Å². The first-order valence-corrected chi connectivity index (χ1v) is 12.1. The number of guanidine groups is 1. The molecule has 0 saturated carbocycles. The van der Waals surface area contributed by atoms with Crippen LogP contribution in [-0.2, 0) is 28.8 Å². The fourth-order valence-electron chi connectivity index (χ4n) is 3.25.